The lowest BCUT2D eigenvalue weighted by atomic mass is 9.93. The number of esters is 1. The highest BCUT2D eigenvalue weighted by molar-refractivity contribution is 7.80. The smallest absolute Gasteiger partial charge is 0.338 e. The number of allylic oxidation sites excluding steroid dienone is 1. The fourth-order valence-corrected chi connectivity index (χ4v) is 3.32. The van der Waals surface area contributed by atoms with Gasteiger partial charge in [-0.3, -0.25) is 9.69 Å². The van der Waals surface area contributed by atoms with E-state index in [0.29, 0.717) is 28.3 Å². The lowest BCUT2D eigenvalue weighted by Gasteiger charge is -2.37. The first-order valence-electron chi connectivity index (χ1n) is 7.82. The Morgan fingerprint density at radius 3 is 2.76 bits per heavy atom. The van der Waals surface area contributed by atoms with E-state index in [-0.39, 0.29) is 24.4 Å². The summed E-state index contributed by atoms with van der Waals surface area (Å²) in [7, 11) is 0. The summed E-state index contributed by atoms with van der Waals surface area (Å²) in [6.45, 7) is 5.23. The van der Waals surface area contributed by atoms with Gasteiger partial charge < -0.3 is 19.5 Å². The molecule has 8 heteroatoms. The highest BCUT2D eigenvalue weighted by atomic mass is 32.1. The zero-order valence-electron chi connectivity index (χ0n) is 14.1. The number of benzene rings is 1. The van der Waals surface area contributed by atoms with E-state index in [1.54, 1.807) is 32.0 Å². The summed E-state index contributed by atoms with van der Waals surface area (Å²) in [4.78, 5) is 26.1. The Morgan fingerprint density at radius 2 is 2.08 bits per heavy atom. The highest BCUT2D eigenvalue weighted by Crippen LogP contribution is 2.40. The lowest BCUT2D eigenvalue weighted by molar-refractivity contribution is -0.139. The molecule has 1 amide bonds. The Labute approximate surface area is 150 Å². The van der Waals surface area contributed by atoms with Gasteiger partial charge in [0.15, 0.2) is 16.6 Å². The average molecular weight is 362 g/mol. The number of ether oxygens (including phenoxy) is 3. The number of nitrogens with zero attached hydrogens (tertiary/aromatic N) is 1. The summed E-state index contributed by atoms with van der Waals surface area (Å²) in [6.07, 6.45) is 0. The number of carbonyl (C=O) groups is 2. The van der Waals surface area contributed by atoms with Gasteiger partial charge in [-0.1, -0.05) is 6.07 Å². The van der Waals surface area contributed by atoms with Crippen LogP contribution in [0.25, 0.3) is 0 Å². The van der Waals surface area contributed by atoms with Crippen molar-refractivity contribution in [3.8, 4) is 11.5 Å². The molecule has 1 atom stereocenters. The van der Waals surface area contributed by atoms with E-state index >= 15 is 0 Å². The Kier molecular flexibility index (Phi) is 4.63. The van der Waals surface area contributed by atoms with Crippen molar-refractivity contribution < 1.29 is 23.8 Å². The van der Waals surface area contributed by atoms with E-state index in [1.165, 1.54) is 11.8 Å². The molecule has 25 heavy (non-hydrogen) atoms. The molecule has 132 valence electrons. The average Bonchev–Trinajstić information content (AvgIpc) is 3.01. The number of amides is 1. The SMILES string of the molecule is CCOC(=O)C1=C(C)NC(=S)N(C(C)=O)[C@H]1c1ccc2c(c1)OCO2. The molecule has 2 heterocycles. The van der Waals surface area contributed by atoms with Crippen LogP contribution in [0.3, 0.4) is 0 Å². The molecule has 0 unspecified atom stereocenters. The molecule has 1 N–H and O–H groups in total. The first kappa shape index (κ1) is 17.2. The minimum Gasteiger partial charge on any atom is -0.463 e. The fourth-order valence-electron chi connectivity index (χ4n) is 2.94. The summed E-state index contributed by atoms with van der Waals surface area (Å²) in [5.74, 6) is 0.401. The molecule has 0 saturated carbocycles. The molecular weight excluding hydrogens is 344 g/mol. The molecule has 1 aromatic carbocycles. The number of rotatable bonds is 3. The summed E-state index contributed by atoms with van der Waals surface area (Å²) >= 11 is 5.31. The van der Waals surface area contributed by atoms with Crippen LogP contribution >= 0.6 is 12.2 Å². The second-order valence-electron chi connectivity index (χ2n) is 5.59. The molecule has 0 saturated heterocycles. The maximum absolute atomic E-state index is 12.5. The standard InChI is InChI=1S/C17H18N2O5S/c1-4-22-16(21)14-9(2)18-17(25)19(10(3)20)15(14)11-5-6-12-13(7-11)24-8-23-12/h5-7,15H,4,8H2,1-3H3,(H,18,25)/t15-/m0/s1. The number of nitrogens with one attached hydrogen (secondary N) is 1. The Hall–Kier alpha value is -2.61. The first-order chi connectivity index (χ1) is 11.9. The van der Waals surface area contributed by atoms with Crippen LogP contribution < -0.4 is 14.8 Å². The molecule has 0 fully saturated rings. The van der Waals surface area contributed by atoms with Crippen molar-refractivity contribution >= 4 is 29.2 Å². The lowest BCUT2D eigenvalue weighted by Crippen LogP contribution is -2.50. The van der Waals surface area contributed by atoms with Crippen LogP contribution in [0.5, 0.6) is 11.5 Å². The van der Waals surface area contributed by atoms with Crippen LogP contribution in [0.2, 0.25) is 0 Å². The van der Waals surface area contributed by atoms with Crippen LogP contribution in [-0.4, -0.2) is 35.3 Å². The predicted molar refractivity (Wildman–Crippen MR) is 92.9 cm³/mol. The number of thiocarbonyl (C=S) groups is 1. The number of carbonyl (C=O) groups excluding carboxylic acids is 2. The van der Waals surface area contributed by atoms with Crippen molar-refractivity contribution in [2.75, 3.05) is 13.4 Å². The van der Waals surface area contributed by atoms with Crippen LogP contribution in [0.4, 0.5) is 0 Å². The molecule has 0 bridgehead atoms. The van der Waals surface area contributed by atoms with Crippen LogP contribution in [0, 0.1) is 0 Å². The van der Waals surface area contributed by atoms with Crippen LogP contribution in [0.1, 0.15) is 32.4 Å². The van der Waals surface area contributed by atoms with E-state index in [9.17, 15) is 9.59 Å². The van der Waals surface area contributed by atoms with Gasteiger partial charge in [-0.15, -0.1) is 0 Å². The second kappa shape index (κ2) is 6.72. The maximum atomic E-state index is 12.5. The minimum absolute atomic E-state index is 0.138. The summed E-state index contributed by atoms with van der Waals surface area (Å²) < 4.78 is 15.9. The van der Waals surface area contributed by atoms with Crippen molar-refractivity contribution in [2.24, 2.45) is 0 Å². The minimum atomic E-state index is -0.695. The third-order valence-corrected chi connectivity index (χ3v) is 4.29. The molecule has 3 rings (SSSR count). The molecule has 0 radical (unpaired) electrons. The van der Waals surface area contributed by atoms with Crippen LogP contribution in [-0.2, 0) is 14.3 Å². The Morgan fingerprint density at radius 1 is 1.36 bits per heavy atom. The van der Waals surface area contributed by atoms with E-state index < -0.39 is 12.0 Å². The molecule has 0 spiro atoms. The fraction of sp³-hybridized carbons (Fsp3) is 0.353. The first-order valence-corrected chi connectivity index (χ1v) is 8.23. The number of hydrogen-bond donors (Lipinski definition) is 1. The molecule has 7 nitrogen and oxygen atoms in total. The number of hydrogen-bond acceptors (Lipinski definition) is 6. The zero-order valence-corrected chi connectivity index (χ0v) is 14.9. The predicted octanol–water partition coefficient (Wildman–Crippen LogP) is 2.03. The highest BCUT2D eigenvalue weighted by Gasteiger charge is 2.39. The molecular formula is C17H18N2O5S. The van der Waals surface area contributed by atoms with Crippen molar-refractivity contribution in [2.45, 2.75) is 26.8 Å². The van der Waals surface area contributed by atoms with Gasteiger partial charge in [0.2, 0.25) is 12.7 Å². The van der Waals surface area contributed by atoms with E-state index in [0.717, 1.165) is 0 Å². The van der Waals surface area contributed by atoms with Crippen molar-refractivity contribution in [3.63, 3.8) is 0 Å². The Balaban J connectivity index is 2.14. The summed E-state index contributed by atoms with van der Waals surface area (Å²) in [5.41, 5.74) is 1.58. The third-order valence-electron chi connectivity index (χ3n) is 4.00. The summed E-state index contributed by atoms with van der Waals surface area (Å²) in [6, 6.07) is 4.59. The van der Waals surface area contributed by atoms with Gasteiger partial charge in [0, 0.05) is 12.6 Å². The van der Waals surface area contributed by atoms with Crippen LogP contribution in [0.15, 0.2) is 29.5 Å². The van der Waals surface area contributed by atoms with E-state index in [2.05, 4.69) is 5.32 Å². The van der Waals surface area contributed by atoms with Crippen molar-refractivity contribution in [1.82, 2.24) is 10.2 Å². The molecule has 1 aromatic rings. The quantitative estimate of drug-likeness (QED) is 0.651. The largest absolute Gasteiger partial charge is 0.463 e. The van der Waals surface area contributed by atoms with Gasteiger partial charge in [0.1, 0.15) is 0 Å². The molecule has 0 aromatic heterocycles. The third kappa shape index (κ3) is 3.05. The monoisotopic (exact) mass is 362 g/mol. The van der Waals surface area contributed by atoms with Gasteiger partial charge in [0.05, 0.1) is 18.2 Å². The normalized spacial score (nSPS) is 18.9. The molecule has 2 aliphatic rings. The molecule has 0 aliphatic carbocycles. The van der Waals surface area contributed by atoms with Crippen molar-refractivity contribution in [1.29, 1.82) is 0 Å². The number of fused-ring (bicyclic) bond motifs is 1. The van der Waals surface area contributed by atoms with E-state index in [1.807, 2.05) is 0 Å². The van der Waals surface area contributed by atoms with Gasteiger partial charge in [0.25, 0.3) is 0 Å². The van der Waals surface area contributed by atoms with Gasteiger partial charge in [-0.25, -0.2) is 4.79 Å². The maximum Gasteiger partial charge on any atom is 0.338 e. The van der Waals surface area contributed by atoms with Gasteiger partial charge in [-0.2, -0.15) is 0 Å². The van der Waals surface area contributed by atoms with Gasteiger partial charge in [-0.05, 0) is 43.8 Å². The van der Waals surface area contributed by atoms with Crippen molar-refractivity contribution in [3.05, 3.63) is 35.0 Å². The van der Waals surface area contributed by atoms with E-state index in [4.69, 9.17) is 26.4 Å². The van der Waals surface area contributed by atoms with Gasteiger partial charge >= 0.3 is 5.97 Å². The second-order valence-corrected chi connectivity index (χ2v) is 5.98. The summed E-state index contributed by atoms with van der Waals surface area (Å²) in [5, 5.41) is 3.15. The zero-order chi connectivity index (χ0) is 18.1. The topological polar surface area (TPSA) is 77.1 Å². The molecule has 2 aliphatic heterocycles. The Bertz CT molecular complexity index is 789.